The molecule has 0 bridgehead atoms. The fourth-order valence-electron chi connectivity index (χ4n) is 9.00. The molecule has 0 aromatic rings. The maximum absolute atomic E-state index is 13.3. The maximum Gasteiger partial charge on any atom is 0.306 e. The first-order valence-electron chi connectivity index (χ1n) is 29.7. The van der Waals surface area contributed by atoms with Gasteiger partial charge in [0.2, 0.25) is 5.91 Å². The third-order valence-electron chi connectivity index (χ3n) is 13.5. The van der Waals surface area contributed by atoms with Crippen LogP contribution in [-0.4, -0.2) is 46.9 Å². The van der Waals surface area contributed by atoms with Crippen LogP contribution in [0.4, 0.5) is 0 Å². The predicted octanol–water partition coefficient (Wildman–Crippen LogP) is 18.5. The molecule has 400 valence electrons. The fraction of sp³-hybridized carbons (Fsp3) is 0.778. The van der Waals surface area contributed by atoms with Gasteiger partial charge in [0.25, 0.3) is 0 Å². The summed E-state index contributed by atoms with van der Waals surface area (Å²) in [7, 11) is 0. The third-order valence-corrected chi connectivity index (χ3v) is 13.5. The summed E-state index contributed by atoms with van der Waals surface area (Å²) in [5, 5.41) is 23.9. The fourth-order valence-corrected chi connectivity index (χ4v) is 9.00. The Kier molecular flexibility index (Phi) is 54.0. The summed E-state index contributed by atoms with van der Waals surface area (Å²) in [6.45, 7) is 6.35. The van der Waals surface area contributed by atoms with E-state index in [1.54, 1.807) is 0 Å². The molecule has 0 rings (SSSR count). The van der Waals surface area contributed by atoms with Crippen molar-refractivity contribution in [1.29, 1.82) is 0 Å². The molecule has 69 heavy (non-hydrogen) atoms. The largest absolute Gasteiger partial charge is 0.462 e. The smallest absolute Gasteiger partial charge is 0.306 e. The molecule has 3 N–H and O–H groups in total. The monoisotopic (exact) mass is 964 g/mol. The number of esters is 1. The van der Waals surface area contributed by atoms with E-state index in [1.165, 1.54) is 186 Å². The van der Waals surface area contributed by atoms with Crippen molar-refractivity contribution in [2.75, 3.05) is 6.61 Å². The van der Waals surface area contributed by atoms with Crippen molar-refractivity contribution in [3.8, 4) is 0 Å². The number of hydrogen-bond acceptors (Lipinski definition) is 5. The molecule has 1 amide bonds. The van der Waals surface area contributed by atoms with E-state index < -0.39 is 18.2 Å². The van der Waals surface area contributed by atoms with Crippen molar-refractivity contribution < 1.29 is 24.5 Å². The van der Waals surface area contributed by atoms with Crippen LogP contribution in [0.3, 0.4) is 0 Å². The van der Waals surface area contributed by atoms with Crippen LogP contribution < -0.4 is 5.32 Å². The van der Waals surface area contributed by atoms with Gasteiger partial charge in [-0.05, 0) is 38.5 Å². The van der Waals surface area contributed by atoms with Crippen molar-refractivity contribution in [2.45, 2.75) is 309 Å². The molecule has 0 aromatic heterocycles. The van der Waals surface area contributed by atoms with Gasteiger partial charge in [-0.25, -0.2) is 0 Å². The third kappa shape index (κ3) is 51.5. The minimum Gasteiger partial charge on any atom is -0.462 e. The Morgan fingerprint density at radius 2 is 0.783 bits per heavy atom. The Bertz CT molecular complexity index is 1270. The molecule has 0 heterocycles. The van der Waals surface area contributed by atoms with E-state index in [4.69, 9.17) is 4.74 Å². The molecule has 0 aromatic carbocycles. The summed E-state index contributed by atoms with van der Waals surface area (Å²) in [5.41, 5.74) is 0. The highest BCUT2D eigenvalue weighted by Gasteiger charge is 2.24. The number of allylic oxidation sites excluding steroid dienone is 12. The van der Waals surface area contributed by atoms with E-state index in [1.807, 2.05) is 60.8 Å². The molecule has 0 aliphatic rings. The number of ether oxygens (including phenoxy) is 1. The highest BCUT2D eigenvalue weighted by atomic mass is 16.5. The Morgan fingerprint density at radius 3 is 1.16 bits per heavy atom. The summed E-state index contributed by atoms with van der Waals surface area (Å²) < 4.78 is 5.93. The normalized spacial score (nSPS) is 13.6. The molecule has 0 saturated heterocycles. The minimum atomic E-state index is -0.810. The number of aliphatic hydroxyl groups is 2. The van der Waals surface area contributed by atoms with Gasteiger partial charge >= 0.3 is 5.97 Å². The van der Waals surface area contributed by atoms with E-state index in [9.17, 15) is 19.8 Å². The van der Waals surface area contributed by atoms with Crippen LogP contribution in [0, 0.1) is 0 Å². The standard InChI is InChI=1S/C63H113NO5/c1-4-7-10-13-16-19-22-25-28-30-32-35-38-41-44-47-50-53-56-63(68)69-59(54-51-48-45-42-39-36-33-27-24-21-18-15-12-9-6-3)57-62(67)64-60(58-65)61(66)55-52-49-46-43-40-37-34-31-29-26-23-20-17-14-11-8-5-2/h9,12,15,18,21,24,27,33,36,39,42,45,59-61,65-66H,4-8,10-11,13-14,16-17,19-20,22-23,25-26,28-32,34-35,37-38,40-41,43-44,46-58H2,1-3H3,(H,64,67)/b12-9-,18-15+,24-21+,33-27-,39-36+,45-42+. The first-order valence-corrected chi connectivity index (χ1v) is 29.7. The highest BCUT2D eigenvalue weighted by molar-refractivity contribution is 5.77. The molecule has 0 fully saturated rings. The summed E-state index contributed by atoms with van der Waals surface area (Å²) in [6, 6.07) is -0.728. The molecule has 6 nitrogen and oxygen atoms in total. The lowest BCUT2D eigenvalue weighted by atomic mass is 10.0. The van der Waals surface area contributed by atoms with Crippen LogP contribution in [0.2, 0.25) is 0 Å². The number of nitrogens with one attached hydrogen (secondary N) is 1. The van der Waals surface area contributed by atoms with Gasteiger partial charge in [-0.15, -0.1) is 0 Å². The number of rotatable bonds is 53. The molecule has 0 radical (unpaired) electrons. The second-order valence-electron chi connectivity index (χ2n) is 20.2. The number of unbranched alkanes of at least 4 members (excludes halogenated alkanes) is 34. The topological polar surface area (TPSA) is 95.9 Å². The molecule has 0 aliphatic carbocycles. The SMILES string of the molecule is CC\C=C/C=C/C=C/C=C\C=C\C=C\CCCC(CC(=O)NC(CO)C(O)CCCCCCCCCCCCCCCCCCC)OC(=O)CCCCCCCCCCCCCCCCCCCC. The van der Waals surface area contributed by atoms with E-state index in [2.05, 4.69) is 38.2 Å². The second-order valence-corrected chi connectivity index (χ2v) is 20.2. The zero-order chi connectivity index (χ0) is 50.2. The number of hydrogen-bond donors (Lipinski definition) is 3. The Balaban J connectivity index is 4.60. The average Bonchev–Trinajstić information content (AvgIpc) is 3.34. The zero-order valence-corrected chi connectivity index (χ0v) is 45.7. The van der Waals surface area contributed by atoms with Crippen molar-refractivity contribution in [1.82, 2.24) is 5.32 Å². The average molecular weight is 965 g/mol. The van der Waals surface area contributed by atoms with E-state index >= 15 is 0 Å². The van der Waals surface area contributed by atoms with E-state index in [-0.39, 0.29) is 24.9 Å². The van der Waals surface area contributed by atoms with Crippen molar-refractivity contribution in [3.05, 3.63) is 72.9 Å². The van der Waals surface area contributed by atoms with Crippen LogP contribution >= 0.6 is 0 Å². The first kappa shape index (κ1) is 66.3. The number of amides is 1. The van der Waals surface area contributed by atoms with Gasteiger partial charge in [-0.3, -0.25) is 9.59 Å². The molecule has 0 spiro atoms. The summed E-state index contributed by atoms with van der Waals surface area (Å²) in [4.78, 5) is 26.3. The van der Waals surface area contributed by atoms with Gasteiger partial charge in [-0.2, -0.15) is 0 Å². The van der Waals surface area contributed by atoms with E-state index in [0.717, 1.165) is 57.8 Å². The van der Waals surface area contributed by atoms with Crippen LogP contribution in [0.25, 0.3) is 0 Å². The van der Waals surface area contributed by atoms with Gasteiger partial charge in [0.1, 0.15) is 6.10 Å². The Morgan fingerprint density at radius 1 is 0.435 bits per heavy atom. The molecule has 0 aliphatic heterocycles. The highest BCUT2D eigenvalue weighted by Crippen LogP contribution is 2.18. The quantitative estimate of drug-likeness (QED) is 0.0321. The summed E-state index contributed by atoms with van der Waals surface area (Å²) >= 11 is 0. The van der Waals surface area contributed by atoms with Crippen molar-refractivity contribution >= 4 is 11.9 Å². The zero-order valence-electron chi connectivity index (χ0n) is 45.7. The van der Waals surface area contributed by atoms with Gasteiger partial charge in [0.05, 0.1) is 25.2 Å². The molecule has 3 atom stereocenters. The van der Waals surface area contributed by atoms with Gasteiger partial charge < -0.3 is 20.3 Å². The number of aliphatic hydroxyl groups excluding tert-OH is 2. The van der Waals surface area contributed by atoms with Crippen molar-refractivity contribution in [3.63, 3.8) is 0 Å². The molecule has 6 heteroatoms. The predicted molar refractivity (Wildman–Crippen MR) is 301 cm³/mol. The van der Waals surface area contributed by atoms with Crippen molar-refractivity contribution in [2.24, 2.45) is 0 Å². The molecular formula is C63H113NO5. The van der Waals surface area contributed by atoms with Crippen LogP contribution in [-0.2, 0) is 14.3 Å². The number of carbonyl (C=O) groups excluding carboxylic acids is 2. The summed E-state index contributed by atoms with van der Waals surface area (Å²) in [6.07, 6.45) is 72.6. The minimum absolute atomic E-state index is 0.0270. The van der Waals surface area contributed by atoms with Crippen LogP contribution in [0.1, 0.15) is 290 Å². The van der Waals surface area contributed by atoms with Crippen LogP contribution in [0.5, 0.6) is 0 Å². The molecule has 0 saturated carbocycles. The molecular weight excluding hydrogens is 851 g/mol. The summed E-state index contributed by atoms with van der Waals surface area (Å²) in [5.74, 6) is -0.539. The van der Waals surface area contributed by atoms with E-state index in [0.29, 0.717) is 19.3 Å². The molecule has 3 unspecified atom stereocenters. The first-order chi connectivity index (χ1) is 34.0. The van der Waals surface area contributed by atoms with Gasteiger partial charge in [0.15, 0.2) is 0 Å². The Hall–Kier alpha value is -2.70. The maximum atomic E-state index is 13.3. The Labute approximate surface area is 428 Å². The lowest BCUT2D eigenvalue weighted by Crippen LogP contribution is -2.46. The number of carbonyl (C=O) groups is 2. The lowest BCUT2D eigenvalue weighted by Gasteiger charge is -2.24. The van der Waals surface area contributed by atoms with Gasteiger partial charge in [0, 0.05) is 6.42 Å². The van der Waals surface area contributed by atoms with Gasteiger partial charge in [-0.1, -0.05) is 312 Å². The second kappa shape index (κ2) is 56.2. The lowest BCUT2D eigenvalue weighted by molar-refractivity contribution is -0.151. The van der Waals surface area contributed by atoms with Crippen LogP contribution in [0.15, 0.2) is 72.9 Å².